The lowest BCUT2D eigenvalue weighted by Crippen LogP contribution is -2.20. The number of phenols is 1. The van der Waals surface area contributed by atoms with E-state index in [9.17, 15) is 5.11 Å². The second-order valence-electron chi connectivity index (χ2n) is 6.30. The summed E-state index contributed by atoms with van der Waals surface area (Å²) in [6.07, 6.45) is 1.95. The van der Waals surface area contributed by atoms with Crippen molar-refractivity contribution in [2.24, 2.45) is 5.92 Å². The van der Waals surface area contributed by atoms with E-state index in [-0.39, 0.29) is 0 Å². The Morgan fingerprint density at radius 1 is 1.19 bits per heavy atom. The molecule has 1 aliphatic rings. The number of phenolic OH excluding ortho intramolecular Hbond substituents is 1. The van der Waals surface area contributed by atoms with Crippen LogP contribution in [0.1, 0.15) is 42.9 Å². The SMILES string of the molecule is CC(C)C1CCNc2cc(O)c(Cc3ccccc3)cc21. The maximum absolute atomic E-state index is 10.3. The summed E-state index contributed by atoms with van der Waals surface area (Å²) in [5, 5.41) is 13.7. The van der Waals surface area contributed by atoms with Crippen molar-refractivity contribution in [3.63, 3.8) is 0 Å². The van der Waals surface area contributed by atoms with Crippen molar-refractivity contribution >= 4 is 5.69 Å². The highest BCUT2D eigenvalue weighted by atomic mass is 16.3. The van der Waals surface area contributed by atoms with Gasteiger partial charge in [0.05, 0.1) is 0 Å². The second-order valence-corrected chi connectivity index (χ2v) is 6.30. The third-order valence-electron chi connectivity index (χ3n) is 4.46. The molecule has 0 saturated heterocycles. The fourth-order valence-electron chi connectivity index (χ4n) is 3.28. The minimum atomic E-state index is 0.398. The number of hydrogen-bond acceptors (Lipinski definition) is 2. The van der Waals surface area contributed by atoms with Gasteiger partial charge in [0.2, 0.25) is 0 Å². The highest BCUT2D eigenvalue weighted by molar-refractivity contribution is 5.61. The van der Waals surface area contributed by atoms with Gasteiger partial charge in [0.1, 0.15) is 5.75 Å². The van der Waals surface area contributed by atoms with E-state index >= 15 is 0 Å². The highest BCUT2D eigenvalue weighted by Gasteiger charge is 2.24. The Morgan fingerprint density at radius 3 is 2.67 bits per heavy atom. The molecule has 1 heterocycles. The first-order valence-corrected chi connectivity index (χ1v) is 7.78. The Balaban J connectivity index is 1.97. The Morgan fingerprint density at radius 2 is 1.95 bits per heavy atom. The average Bonchev–Trinajstić information content (AvgIpc) is 2.48. The van der Waals surface area contributed by atoms with Crippen molar-refractivity contribution in [1.82, 2.24) is 0 Å². The van der Waals surface area contributed by atoms with E-state index in [1.807, 2.05) is 24.3 Å². The van der Waals surface area contributed by atoms with Gasteiger partial charge < -0.3 is 10.4 Å². The largest absolute Gasteiger partial charge is 0.508 e. The molecule has 0 fully saturated rings. The first kappa shape index (κ1) is 14.0. The topological polar surface area (TPSA) is 32.3 Å². The Kier molecular flexibility index (Phi) is 3.87. The van der Waals surface area contributed by atoms with Crippen molar-refractivity contribution < 1.29 is 5.11 Å². The van der Waals surface area contributed by atoms with Crippen LogP contribution in [0.15, 0.2) is 42.5 Å². The average molecular weight is 281 g/mol. The molecule has 21 heavy (non-hydrogen) atoms. The quantitative estimate of drug-likeness (QED) is 0.865. The third-order valence-corrected chi connectivity index (χ3v) is 4.46. The van der Waals surface area contributed by atoms with Crippen LogP contribution in [0, 0.1) is 5.92 Å². The second kappa shape index (κ2) is 5.80. The molecule has 0 saturated carbocycles. The number of hydrogen-bond donors (Lipinski definition) is 2. The molecule has 3 rings (SSSR count). The van der Waals surface area contributed by atoms with Gasteiger partial charge >= 0.3 is 0 Å². The lowest BCUT2D eigenvalue weighted by atomic mass is 9.81. The standard InChI is InChI=1S/C19H23NO/c1-13(2)16-8-9-20-18-12-19(21)15(11-17(16)18)10-14-6-4-3-5-7-14/h3-7,11-13,16,20-21H,8-10H2,1-2H3. The van der Waals surface area contributed by atoms with Crippen LogP contribution in [0.5, 0.6) is 5.75 Å². The van der Waals surface area contributed by atoms with Crippen LogP contribution >= 0.6 is 0 Å². The minimum absolute atomic E-state index is 0.398. The van der Waals surface area contributed by atoms with Crippen LogP contribution in [0.2, 0.25) is 0 Å². The first-order chi connectivity index (χ1) is 10.1. The summed E-state index contributed by atoms with van der Waals surface area (Å²) in [7, 11) is 0. The van der Waals surface area contributed by atoms with Crippen LogP contribution in [-0.2, 0) is 6.42 Å². The molecule has 0 bridgehead atoms. The zero-order chi connectivity index (χ0) is 14.8. The van der Waals surface area contributed by atoms with E-state index in [0.717, 1.165) is 24.2 Å². The molecule has 1 aliphatic heterocycles. The van der Waals surface area contributed by atoms with Crippen LogP contribution in [-0.4, -0.2) is 11.7 Å². The molecule has 0 aliphatic carbocycles. The number of fused-ring (bicyclic) bond motifs is 1. The molecule has 0 amide bonds. The summed E-state index contributed by atoms with van der Waals surface area (Å²) in [5.41, 5.74) is 4.72. The molecule has 0 radical (unpaired) electrons. The van der Waals surface area contributed by atoms with E-state index < -0.39 is 0 Å². The first-order valence-electron chi connectivity index (χ1n) is 7.78. The fourth-order valence-corrected chi connectivity index (χ4v) is 3.28. The van der Waals surface area contributed by atoms with E-state index in [0.29, 0.717) is 17.6 Å². The van der Waals surface area contributed by atoms with Gasteiger partial charge in [0.15, 0.2) is 0 Å². The normalized spacial score (nSPS) is 17.4. The summed E-state index contributed by atoms with van der Waals surface area (Å²) >= 11 is 0. The summed E-state index contributed by atoms with van der Waals surface area (Å²) in [4.78, 5) is 0. The monoisotopic (exact) mass is 281 g/mol. The Labute approximate surface area is 126 Å². The van der Waals surface area contributed by atoms with Gasteiger partial charge in [-0.1, -0.05) is 44.2 Å². The van der Waals surface area contributed by atoms with Crippen molar-refractivity contribution in [3.05, 3.63) is 59.2 Å². The van der Waals surface area contributed by atoms with Gasteiger partial charge in [0, 0.05) is 24.7 Å². The molecular weight excluding hydrogens is 258 g/mol. The maximum Gasteiger partial charge on any atom is 0.121 e. The lowest BCUT2D eigenvalue weighted by molar-refractivity contribution is 0.457. The molecule has 1 unspecified atom stereocenters. The maximum atomic E-state index is 10.3. The molecule has 0 spiro atoms. The van der Waals surface area contributed by atoms with E-state index in [1.54, 1.807) is 0 Å². The van der Waals surface area contributed by atoms with E-state index in [4.69, 9.17) is 0 Å². The van der Waals surface area contributed by atoms with Crippen molar-refractivity contribution in [2.45, 2.75) is 32.6 Å². The summed E-state index contributed by atoms with van der Waals surface area (Å²) in [6.45, 7) is 5.56. The molecule has 2 aromatic rings. The van der Waals surface area contributed by atoms with Gasteiger partial charge in [-0.25, -0.2) is 0 Å². The van der Waals surface area contributed by atoms with Gasteiger partial charge in [-0.3, -0.25) is 0 Å². The van der Waals surface area contributed by atoms with Gasteiger partial charge in [-0.05, 0) is 41.0 Å². The number of rotatable bonds is 3. The molecule has 2 heteroatoms. The summed E-state index contributed by atoms with van der Waals surface area (Å²) in [5.74, 6) is 1.60. The smallest absolute Gasteiger partial charge is 0.121 e. The van der Waals surface area contributed by atoms with Crippen molar-refractivity contribution in [1.29, 1.82) is 0 Å². The third kappa shape index (κ3) is 2.90. The molecule has 0 aromatic heterocycles. The number of anilines is 1. The van der Waals surface area contributed by atoms with Crippen LogP contribution < -0.4 is 5.32 Å². The highest BCUT2D eigenvalue weighted by Crippen LogP contribution is 2.40. The van der Waals surface area contributed by atoms with Crippen molar-refractivity contribution in [2.75, 3.05) is 11.9 Å². The Hall–Kier alpha value is -1.96. The predicted molar refractivity (Wildman–Crippen MR) is 88.0 cm³/mol. The van der Waals surface area contributed by atoms with Crippen molar-refractivity contribution in [3.8, 4) is 5.75 Å². The number of aromatic hydroxyl groups is 1. The van der Waals surface area contributed by atoms with Gasteiger partial charge in [-0.2, -0.15) is 0 Å². The molecule has 2 N–H and O–H groups in total. The minimum Gasteiger partial charge on any atom is -0.508 e. The summed E-state index contributed by atoms with van der Waals surface area (Å²) in [6, 6.07) is 14.4. The van der Waals surface area contributed by atoms with Gasteiger partial charge in [-0.15, -0.1) is 0 Å². The van der Waals surface area contributed by atoms with Gasteiger partial charge in [0.25, 0.3) is 0 Å². The molecular formula is C19H23NO. The predicted octanol–water partition coefficient (Wildman–Crippen LogP) is 4.54. The summed E-state index contributed by atoms with van der Waals surface area (Å²) < 4.78 is 0. The zero-order valence-corrected chi connectivity index (χ0v) is 12.8. The van der Waals surface area contributed by atoms with Crippen LogP contribution in [0.4, 0.5) is 5.69 Å². The number of benzene rings is 2. The molecule has 2 aromatic carbocycles. The van der Waals surface area contributed by atoms with Crippen LogP contribution in [0.25, 0.3) is 0 Å². The molecule has 110 valence electrons. The lowest BCUT2D eigenvalue weighted by Gasteiger charge is -2.30. The van der Waals surface area contributed by atoms with E-state index in [2.05, 4.69) is 37.4 Å². The fraction of sp³-hybridized carbons (Fsp3) is 0.368. The Bertz CT molecular complexity index is 619. The van der Waals surface area contributed by atoms with Crippen LogP contribution in [0.3, 0.4) is 0 Å². The molecule has 2 nitrogen and oxygen atoms in total. The number of nitrogens with one attached hydrogen (secondary N) is 1. The van der Waals surface area contributed by atoms with E-state index in [1.165, 1.54) is 17.5 Å². The molecule has 1 atom stereocenters. The zero-order valence-electron chi connectivity index (χ0n) is 12.8.